The summed E-state index contributed by atoms with van der Waals surface area (Å²) in [5.41, 5.74) is 8.18. The van der Waals surface area contributed by atoms with Crippen molar-refractivity contribution in [3.63, 3.8) is 0 Å². The SMILES string of the molecule is Nc1ncnc2c1C(=O)N(c1ccc(C3CCC4(CC3)C[C@@H]4C(=O)O)cc1)CCO2. The Hall–Kier alpha value is -3.16. The van der Waals surface area contributed by atoms with Crippen LogP contribution in [-0.2, 0) is 4.79 Å². The van der Waals surface area contributed by atoms with E-state index in [1.54, 1.807) is 4.90 Å². The molecule has 1 aromatic heterocycles. The summed E-state index contributed by atoms with van der Waals surface area (Å²) in [4.78, 5) is 33.9. The van der Waals surface area contributed by atoms with Gasteiger partial charge in [0.1, 0.15) is 24.3 Å². The second-order valence-electron chi connectivity index (χ2n) is 8.57. The van der Waals surface area contributed by atoms with Crippen LogP contribution in [0.4, 0.5) is 11.5 Å². The van der Waals surface area contributed by atoms with Crippen molar-refractivity contribution >= 4 is 23.4 Å². The van der Waals surface area contributed by atoms with Crippen molar-refractivity contribution in [2.45, 2.75) is 38.0 Å². The maximum atomic E-state index is 13.0. The molecule has 0 saturated heterocycles. The van der Waals surface area contributed by atoms with Crippen LogP contribution in [0.2, 0.25) is 0 Å². The molecule has 1 atom stereocenters. The van der Waals surface area contributed by atoms with E-state index in [0.29, 0.717) is 19.1 Å². The van der Waals surface area contributed by atoms with Crippen LogP contribution in [0.1, 0.15) is 53.9 Å². The lowest BCUT2D eigenvalue weighted by molar-refractivity contribution is -0.139. The van der Waals surface area contributed by atoms with Gasteiger partial charge in [-0.25, -0.2) is 9.97 Å². The zero-order chi connectivity index (χ0) is 20.9. The number of fused-ring (bicyclic) bond motifs is 1. The van der Waals surface area contributed by atoms with Gasteiger partial charge in [-0.1, -0.05) is 12.1 Å². The highest BCUT2D eigenvalue weighted by atomic mass is 16.5. The van der Waals surface area contributed by atoms with E-state index < -0.39 is 5.97 Å². The Balaban J connectivity index is 1.30. The van der Waals surface area contributed by atoms with Gasteiger partial charge in [0.25, 0.3) is 5.91 Å². The molecule has 1 amide bonds. The molecule has 0 bridgehead atoms. The third-order valence-corrected chi connectivity index (χ3v) is 7.00. The van der Waals surface area contributed by atoms with E-state index >= 15 is 0 Å². The number of hydrogen-bond acceptors (Lipinski definition) is 6. The number of carboxylic acid groups (broad SMARTS) is 1. The van der Waals surface area contributed by atoms with Gasteiger partial charge in [-0.2, -0.15) is 0 Å². The molecule has 5 rings (SSSR count). The average Bonchev–Trinajstić information content (AvgIpc) is 3.48. The number of rotatable bonds is 3. The van der Waals surface area contributed by atoms with Crippen LogP contribution in [0.3, 0.4) is 0 Å². The van der Waals surface area contributed by atoms with Gasteiger partial charge in [-0.3, -0.25) is 9.59 Å². The molecule has 1 aliphatic heterocycles. The van der Waals surface area contributed by atoms with Crippen LogP contribution >= 0.6 is 0 Å². The molecule has 2 heterocycles. The minimum absolute atomic E-state index is 0.0517. The monoisotopic (exact) mass is 408 g/mol. The minimum atomic E-state index is -0.642. The Labute approximate surface area is 174 Å². The van der Waals surface area contributed by atoms with Gasteiger partial charge in [0.05, 0.1) is 12.5 Å². The van der Waals surface area contributed by atoms with E-state index in [1.165, 1.54) is 11.9 Å². The molecule has 3 aliphatic rings. The first-order chi connectivity index (χ1) is 14.5. The van der Waals surface area contributed by atoms with Gasteiger partial charge in [0.15, 0.2) is 0 Å². The number of carbonyl (C=O) groups excluding carboxylic acids is 1. The molecule has 30 heavy (non-hydrogen) atoms. The fraction of sp³-hybridized carbons (Fsp3) is 0.455. The summed E-state index contributed by atoms with van der Waals surface area (Å²) in [6.45, 7) is 0.725. The molecule has 156 valence electrons. The highest BCUT2D eigenvalue weighted by Crippen LogP contribution is 2.63. The molecule has 8 heteroatoms. The van der Waals surface area contributed by atoms with E-state index in [2.05, 4.69) is 22.1 Å². The highest BCUT2D eigenvalue weighted by molar-refractivity contribution is 6.10. The number of ether oxygens (including phenoxy) is 1. The Bertz CT molecular complexity index is 999. The van der Waals surface area contributed by atoms with E-state index in [0.717, 1.165) is 37.8 Å². The van der Waals surface area contributed by atoms with Crippen LogP contribution in [0.25, 0.3) is 0 Å². The molecule has 1 aromatic carbocycles. The number of benzene rings is 1. The van der Waals surface area contributed by atoms with Crippen LogP contribution in [0, 0.1) is 11.3 Å². The summed E-state index contributed by atoms with van der Waals surface area (Å²) in [7, 11) is 0. The second-order valence-corrected chi connectivity index (χ2v) is 8.57. The number of nitrogens with two attached hydrogens (primary N) is 1. The first-order valence-corrected chi connectivity index (χ1v) is 10.4. The second kappa shape index (κ2) is 6.97. The maximum Gasteiger partial charge on any atom is 0.307 e. The third kappa shape index (κ3) is 3.07. The van der Waals surface area contributed by atoms with Crippen molar-refractivity contribution in [1.29, 1.82) is 0 Å². The Kier molecular flexibility index (Phi) is 4.38. The van der Waals surface area contributed by atoms with Crippen molar-refractivity contribution < 1.29 is 19.4 Å². The van der Waals surface area contributed by atoms with Gasteiger partial charge in [0, 0.05) is 5.69 Å². The van der Waals surface area contributed by atoms with Crippen LogP contribution in [-0.4, -0.2) is 40.1 Å². The quantitative estimate of drug-likeness (QED) is 0.801. The van der Waals surface area contributed by atoms with E-state index in [4.69, 9.17) is 10.5 Å². The van der Waals surface area contributed by atoms with Gasteiger partial charge in [0.2, 0.25) is 5.88 Å². The van der Waals surface area contributed by atoms with Crippen LogP contribution in [0.5, 0.6) is 5.88 Å². The van der Waals surface area contributed by atoms with Crippen molar-refractivity contribution in [1.82, 2.24) is 9.97 Å². The number of aliphatic carboxylic acids is 1. The summed E-state index contributed by atoms with van der Waals surface area (Å²) >= 11 is 0. The topological polar surface area (TPSA) is 119 Å². The molecule has 2 saturated carbocycles. The molecule has 2 fully saturated rings. The number of amides is 1. The average molecular weight is 408 g/mol. The number of anilines is 2. The molecule has 1 spiro atoms. The fourth-order valence-electron chi connectivity index (χ4n) is 5.11. The molecule has 8 nitrogen and oxygen atoms in total. The Morgan fingerprint density at radius 3 is 2.60 bits per heavy atom. The van der Waals surface area contributed by atoms with Gasteiger partial charge in [-0.05, 0) is 61.1 Å². The largest absolute Gasteiger partial charge is 0.481 e. The van der Waals surface area contributed by atoms with Crippen molar-refractivity contribution in [2.24, 2.45) is 11.3 Å². The minimum Gasteiger partial charge on any atom is -0.481 e. The smallest absolute Gasteiger partial charge is 0.307 e. The number of nitrogens with zero attached hydrogens (tertiary/aromatic N) is 3. The third-order valence-electron chi connectivity index (χ3n) is 7.00. The maximum absolute atomic E-state index is 13.0. The normalized spacial score (nSPS) is 27.9. The number of aromatic nitrogens is 2. The standard InChI is InChI=1S/C22H24N4O4/c23-18-17-19(25-12-24-18)30-10-9-26(20(17)27)15-3-1-13(2-4-15)14-5-7-22(8-6-14)11-16(22)21(28)29/h1-4,12,14,16H,5-11H2,(H,28,29)(H2,23,24,25)/t14?,16-,22?/m1/s1. The van der Waals surface area contributed by atoms with Gasteiger partial charge < -0.3 is 20.5 Å². The lowest BCUT2D eigenvalue weighted by atomic mass is 9.76. The molecule has 0 unspecified atom stereocenters. The predicted octanol–water partition coefficient (Wildman–Crippen LogP) is 2.85. The van der Waals surface area contributed by atoms with E-state index in [1.807, 2.05) is 12.1 Å². The lowest BCUT2D eigenvalue weighted by Gasteiger charge is -2.29. The molecular formula is C22H24N4O4. The first kappa shape index (κ1) is 18.8. The number of hydrogen-bond donors (Lipinski definition) is 2. The lowest BCUT2D eigenvalue weighted by Crippen LogP contribution is -2.32. The Morgan fingerprint density at radius 2 is 1.93 bits per heavy atom. The van der Waals surface area contributed by atoms with Crippen molar-refractivity contribution in [2.75, 3.05) is 23.8 Å². The number of carbonyl (C=O) groups is 2. The Morgan fingerprint density at radius 1 is 1.20 bits per heavy atom. The van der Waals surface area contributed by atoms with E-state index in [9.17, 15) is 14.7 Å². The zero-order valence-corrected chi connectivity index (χ0v) is 16.6. The van der Waals surface area contributed by atoms with Gasteiger partial charge >= 0.3 is 5.97 Å². The fourth-order valence-corrected chi connectivity index (χ4v) is 5.11. The van der Waals surface area contributed by atoms with Crippen LogP contribution in [0.15, 0.2) is 30.6 Å². The zero-order valence-electron chi connectivity index (χ0n) is 16.6. The number of nitrogen functional groups attached to an aromatic ring is 1. The highest BCUT2D eigenvalue weighted by Gasteiger charge is 2.58. The predicted molar refractivity (Wildman–Crippen MR) is 109 cm³/mol. The summed E-state index contributed by atoms with van der Waals surface area (Å²) in [6.07, 6.45) is 6.12. The molecule has 2 aliphatic carbocycles. The molecule has 2 aromatic rings. The molecule has 0 radical (unpaired) electrons. The summed E-state index contributed by atoms with van der Waals surface area (Å²) in [5, 5.41) is 9.27. The van der Waals surface area contributed by atoms with Gasteiger partial charge in [-0.15, -0.1) is 0 Å². The van der Waals surface area contributed by atoms with Crippen molar-refractivity contribution in [3.05, 3.63) is 41.7 Å². The van der Waals surface area contributed by atoms with Crippen molar-refractivity contribution in [3.8, 4) is 5.88 Å². The molecule has 3 N–H and O–H groups in total. The summed E-state index contributed by atoms with van der Waals surface area (Å²) in [5.74, 6) is -0.270. The van der Waals surface area contributed by atoms with Crippen LogP contribution < -0.4 is 15.4 Å². The summed E-state index contributed by atoms with van der Waals surface area (Å²) < 4.78 is 5.59. The number of carboxylic acids is 1. The summed E-state index contributed by atoms with van der Waals surface area (Å²) in [6, 6.07) is 8.06. The first-order valence-electron chi connectivity index (χ1n) is 10.4. The van der Waals surface area contributed by atoms with E-state index in [-0.39, 0.29) is 34.5 Å². The molecular weight excluding hydrogens is 384 g/mol.